The number of aryl methyl sites for hydroxylation is 2. The summed E-state index contributed by atoms with van der Waals surface area (Å²) < 4.78 is 14.0. The number of aliphatic imine (C=N–C) groups is 1. The van der Waals surface area contributed by atoms with Crippen LogP contribution < -0.4 is 16.8 Å². The number of benzene rings is 2. The molecule has 1 unspecified atom stereocenters. The number of anilines is 1. The van der Waals surface area contributed by atoms with Crippen molar-refractivity contribution in [2.75, 3.05) is 18.9 Å². The SMILES string of the molecule is CN.Cc1ccc(Cl)c(NC/C(=C/N)C(=NC2CCCCC2)c2cc(-c3cc(C(C)F)ccc3C)c[nH]2)c1. The highest BCUT2D eigenvalue weighted by atomic mass is 35.5. The lowest BCUT2D eigenvalue weighted by molar-refractivity contribution is 0.374. The van der Waals surface area contributed by atoms with Gasteiger partial charge in [-0.3, -0.25) is 4.99 Å². The van der Waals surface area contributed by atoms with Crippen LogP contribution in [0.3, 0.4) is 0 Å². The lowest BCUT2D eigenvalue weighted by Gasteiger charge is -2.20. The zero-order valence-electron chi connectivity index (χ0n) is 23.0. The Hall–Kier alpha value is -3.09. The van der Waals surface area contributed by atoms with Crippen LogP contribution >= 0.6 is 11.6 Å². The van der Waals surface area contributed by atoms with Gasteiger partial charge in [-0.2, -0.15) is 0 Å². The summed E-state index contributed by atoms with van der Waals surface area (Å²) in [6, 6.07) is 14.1. The molecule has 204 valence electrons. The van der Waals surface area contributed by atoms with Gasteiger partial charge in [-0.05, 0) is 87.2 Å². The fourth-order valence-electron chi connectivity index (χ4n) is 4.79. The molecule has 3 aromatic rings. The predicted octanol–water partition coefficient (Wildman–Crippen LogP) is 7.63. The molecule has 0 amide bonds. The Labute approximate surface area is 231 Å². The molecule has 0 radical (unpaired) electrons. The fourth-order valence-corrected chi connectivity index (χ4v) is 4.97. The minimum atomic E-state index is -1.02. The zero-order chi connectivity index (χ0) is 27.7. The van der Waals surface area contributed by atoms with Crippen LogP contribution in [-0.4, -0.2) is 30.3 Å². The second-order valence-corrected chi connectivity index (χ2v) is 10.2. The Kier molecular flexibility index (Phi) is 11.0. The lowest BCUT2D eigenvalue weighted by Crippen LogP contribution is -2.20. The van der Waals surface area contributed by atoms with Gasteiger partial charge in [0.05, 0.1) is 28.2 Å². The summed E-state index contributed by atoms with van der Waals surface area (Å²) in [6.07, 6.45) is 8.42. The van der Waals surface area contributed by atoms with Crippen molar-refractivity contribution >= 4 is 23.0 Å². The second-order valence-electron chi connectivity index (χ2n) is 9.79. The predicted molar refractivity (Wildman–Crippen MR) is 161 cm³/mol. The summed E-state index contributed by atoms with van der Waals surface area (Å²) in [7, 11) is 1.50. The van der Waals surface area contributed by atoms with Crippen LogP contribution in [0.25, 0.3) is 11.1 Å². The molecule has 0 bridgehead atoms. The highest BCUT2D eigenvalue weighted by molar-refractivity contribution is 6.33. The topological polar surface area (TPSA) is 92.2 Å². The smallest absolute Gasteiger partial charge is 0.122 e. The van der Waals surface area contributed by atoms with Crippen LogP contribution in [0, 0.1) is 13.8 Å². The average molecular weight is 538 g/mol. The van der Waals surface area contributed by atoms with Gasteiger partial charge in [0.15, 0.2) is 0 Å². The van der Waals surface area contributed by atoms with Crippen molar-refractivity contribution in [3.05, 3.63) is 87.8 Å². The summed E-state index contributed by atoms with van der Waals surface area (Å²) in [5, 5.41) is 4.11. The molecule has 2 aromatic carbocycles. The number of H-pyrrole nitrogens is 1. The number of halogens is 2. The van der Waals surface area contributed by atoms with Crippen molar-refractivity contribution in [2.24, 2.45) is 16.5 Å². The minimum Gasteiger partial charge on any atom is -0.404 e. The van der Waals surface area contributed by atoms with Gasteiger partial charge in [0, 0.05) is 30.1 Å². The van der Waals surface area contributed by atoms with E-state index >= 15 is 0 Å². The molecule has 0 aliphatic heterocycles. The molecule has 5 nitrogen and oxygen atoms in total. The third-order valence-corrected chi connectivity index (χ3v) is 7.28. The van der Waals surface area contributed by atoms with Crippen LogP contribution in [0.15, 0.2) is 65.4 Å². The standard InChI is InChI=1S/C30H36ClFN4.CH5N/c1-19-9-12-27(31)28(13-19)34-18-24(16-33)30(36-25-7-5-4-6-8-25)29-15-23(17-35-29)26-14-22(21(3)32)11-10-20(26)2;1-2/h9-17,21,25,34-35H,4-8,18,33H2,1-3H3;2H2,1H3/b24-16-,36-30?;. The molecule has 6 N–H and O–H groups in total. The second kappa shape index (κ2) is 14.2. The molecule has 0 spiro atoms. The Morgan fingerprint density at radius 3 is 2.55 bits per heavy atom. The van der Waals surface area contributed by atoms with Gasteiger partial charge in [-0.25, -0.2) is 4.39 Å². The summed E-state index contributed by atoms with van der Waals surface area (Å²) in [6.45, 7) is 6.15. The van der Waals surface area contributed by atoms with Crippen LogP contribution in [0.2, 0.25) is 5.02 Å². The molecule has 1 aliphatic rings. The molecule has 0 saturated heterocycles. The third kappa shape index (κ3) is 7.49. The summed E-state index contributed by atoms with van der Waals surface area (Å²) in [5.74, 6) is 0. The molecule has 1 atom stereocenters. The Morgan fingerprint density at radius 1 is 1.13 bits per heavy atom. The van der Waals surface area contributed by atoms with E-state index in [9.17, 15) is 4.39 Å². The van der Waals surface area contributed by atoms with Gasteiger partial charge in [-0.15, -0.1) is 0 Å². The third-order valence-electron chi connectivity index (χ3n) is 6.95. The van der Waals surface area contributed by atoms with E-state index in [2.05, 4.69) is 22.1 Å². The normalized spacial score (nSPS) is 15.6. The van der Waals surface area contributed by atoms with Gasteiger partial charge >= 0.3 is 0 Å². The number of rotatable bonds is 8. The van der Waals surface area contributed by atoms with E-state index in [1.807, 2.05) is 56.4 Å². The number of nitrogens with two attached hydrogens (primary N) is 2. The van der Waals surface area contributed by atoms with E-state index in [1.165, 1.54) is 26.3 Å². The number of nitrogens with zero attached hydrogens (tertiary/aromatic N) is 1. The zero-order valence-corrected chi connectivity index (χ0v) is 23.7. The molecular weight excluding hydrogens is 497 g/mol. The van der Waals surface area contributed by atoms with Crippen molar-refractivity contribution in [3.63, 3.8) is 0 Å². The van der Waals surface area contributed by atoms with Crippen molar-refractivity contribution in [1.82, 2.24) is 4.98 Å². The van der Waals surface area contributed by atoms with Crippen LogP contribution in [0.1, 0.15) is 67.6 Å². The maximum absolute atomic E-state index is 14.0. The van der Waals surface area contributed by atoms with Crippen molar-refractivity contribution in [1.29, 1.82) is 0 Å². The number of nitrogens with one attached hydrogen (secondary N) is 2. The largest absolute Gasteiger partial charge is 0.404 e. The number of hydrogen-bond donors (Lipinski definition) is 4. The quantitative estimate of drug-likeness (QED) is 0.222. The monoisotopic (exact) mass is 537 g/mol. The van der Waals surface area contributed by atoms with Crippen LogP contribution in [-0.2, 0) is 0 Å². The van der Waals surface area contributed by atoms with Crippen LogP contribution in [0.5, 0.6) is 0 Å². The summed E-state index contributed by atoms with van der Waals surface area (Å²) in [5.41, 5.74) is 19.1. The van der Waals surface area contributed by atoms with E-state index in [1.54, 1.807) is 13.1 Å². The number of alkyl halides is 1. The molecule has 1 fully saturated rings. The molecule has 4 rings (SSSR count). The van der Waals surface area contributed by atoms with E-state index in [0.29, 0.717) is 17.1 Å². The first-order chi connectivity index (χ1) is 18.4. The molecule has 7 heteroatoms. The molecule has 1 saturated carbocycles. The average Bonchev–Trinajstić information content (AvgIpc) is 3.42. The van der Waals surface area contributed by atoms with Gasteiger partial charge in [0.1, 0.15) is 6.17 Å². The van der Waals surface area contributed by atoms with E-state index < -0.39 is 6.17 Å². The summed E-state index contributed by atoms with van der Waals surface area (Å²) in [4.78, 5) is 8.64. The van der Waals surface area contributed by atoms with Gasteiger partial charge in [0.25, 0.3) is 0 Å². The van der Waals surface area contributed by atoms with Gasteiger partial charge in [-0.1, -0.05) is 49.1 Å². The Bertz CT molecular complexity index is 1250. The van der Waals surface area contributed by atoms with E-state index in [-0.39, 0.29) is 6.04 Å². The lowest BCUT2D eigenvalue weighted by atomic mass is 9.95. The summed E-state index contributed by atoms with van der Waals surface area (Å²) >= 11 is 6.42. The Morgan fingerprint density at radius 2 is 1.87 bits per heavy atom. The fraction of sp³-hybridized carbons (Fsp3) is 0.387. The first kappa shape index (κ1) is 29.5. The van der Waals surface area contributed by atoms with E-state index in [0.717, 1.165) is 57.8 Å². The van der Waals surface area contributed by atoms with Crippen molar-refractivity contribution < 1.29 is 4.39 Å². The van der Waals surface area contributed by atoms with Gasteiger partial charge in [0.2, 0.25) is 0 Å². The highest BCUT2D eigenvalue weighted by Gasteiger charge is 2.19. The van der Waals surface area contributed by atoms with Crippen LogP contribution in [0.4, 0.5) is 10.1 Å². The number of hydrogen-bond acceptors (Lipinski definition) is 4. The number of aromatic amines is 1. The first-order valence-corrected chi connectivity index (χ1v) is 13.7. The molecule has 1 heterocycles. The Balaban J connectivity index is 0.00000195. The first-order valence-electron chi connectivity index (χ1n) is 13.4. The molecular formula is C31H41ClFN5. The van der Waals surface area contributed by atoms with Gasteiger partial charge < -0.3 is 21.8 Å². The van der Waals surface area contributed by atoms with Crippen molar-refractivity contribution in [3.8, 4) is 11.1 Å². The number of aromatic nitrogens is 1. The molecule has 1 aliphatic carbocycles. The maximum atomic E-state index is 14.0. The minimum absolute atomic E-state index is 0.274. The molecule has 1 aromatic heterocycles. The van der Waals surface area contributed by atoms with Crippen molar-refractivity contribution in [2.45, 2.75) is 65.1 Å². The maximum Gasteiger partial charge on any atom is 0.122 e. The highest BCUT2D eigenvalue weighted by Crippen LogP contribution is 2.30. The van der Waals surface area contributed by atoms with E-state index in [4.69, 9.17) is 22.3 Å². The molecule has 38 heavy (non-hydrogen) atoms.